The van der Waals surface area contributed by atoms with Crippen LogP contribution >= 0.6 is 11.6 Å². The maximum absolute atomic E-state index is 11.2. The van der Waals surface area contributed by atoms with Gasteiger partial charge in [0, 0.05) is 10.6 Å². The summed E-state index contributed by atoms with van der Waals surface area (Å²) in [7, 11) is 0. The van der Waals surface area contributed by atoms with Gasteiger partial charge in [0.2, 0.25) is 0 Å². The smallest absolute Gasteiger partial charge is 0.150 e. The molecule has 0 aliphatic carbocycles. The number of ether oxygens (including phenoxy) is 1. The molecule has 0 unspecified atom stereocenters. The highest BCUT2D eigenvalue weighted by Crippen LogP contribution is 2.31. The number of rotatable bonds is 4. The predicted molar refractivity (Wildman–Crippen MR) is 78.2 cm³/mol. The molecule has 19 heavy (non-hydrogen) atoms. The van der Waals surface area contributed by atoms with Gasteiger partial charge in [0.05, 0.1) is 6.61 Å². The van der Waals surface area contributed by atoms with Crippen molar-refractivity contribution in [2.45, 2.75) is 13.8 Å². The first-order valence-electron chi connectivity index (χ1n) is 6.14. The molecule has 2 rings (SSSR count). The van der Waals surface area contributed by atoms with E-state index in [0.29, 0.717) is 17.2 Å². The Bertz CT molecular complexity index is 606. The molecule has 0 bridgehead atoms. The van der Waals surface area contributed by atoms with Gasteiger partial charge < -0.3 is 4.74 Å². The third kappa shape index (κ3) is 2.96. The summed E-state index contributed by atoms with van der Waals surface area (Å²) in [5.41, 5.74) is 3.54. The quantitative estimate of drug-likeness (QED) is 0.766. The lowest BCUT2D eigenvalue weighted by Gasteiger charge is -2.11. The van der Waals surface area contributed by atoms with E-state index in [4.69, 9.17) is 16.3 Å². The fourth-order valence-corrected chi connectivity index (χ4v) is 2.28. The molecule has 98 valence electrons. The largest absolute Gasteiger partial charge is 0.494 e. The van der Waals surface area contributed by atoms with Crippen molar-refractivity contribution in [2.75, 3.05) is 6.61 Å². The van der Waals surface area contributed by atoms with Crippen molar-refractivity contribution in [2.24, 2.45) is 0 Å². The first kappa shape index (κ1) is 13.6. The minimum absolute atomic E-state index is 0.597. The van der Waals surface area contributed by atoms with Gasteiger partial charge in [0.1, 0.15) is 5.75 Å². The topological polar surface area (TPSA) is 26.3 Å². The Morgan fingerprint density at radius 2 is 1.95 bits per heavy atom. The van der Waals surface area contributed by atoms with Gasteiger partial charge >= 0.3 is 0 Å². The van der Waals surface area contributed by atoms with Crippen LogP contribution in [0, 0.1) is 6.92 Å². The molecule has 0 N–H and O–H groups in total. The normalized spacial score (nSPS) is 10.3. The first-order chi connectivity index (χ1) is 9.15. The Balaban J connectivity index is 2.58. The van der Waals surface area contributed by atoms with Gasteiger partial charge in [-0.05, 0) is 60.9 Å². The highest BCUT2D eigenvalue weighted by Gasteiger charge is 2.09. The molecular formula is C16H15ClO2. The summed E-state index contributed by atoms with van der Waals surface area (Å²) >= 11 is 5.96. The molecule has 2 aromatic rings. The summed E-state index contributed by atoms with van der Waals surface area (Å²) in [6.45, 7) is 4.50. The van der Waals surface area contributed by atoms with Crippen molar-refractivity contribution in [3.05, 3.63) is 52.5 Å². The average Bonchev–Trinajstić information content (AvgIpc) is 2.39. The molecule has 0 amide bonds. The summed E-state index contributed by atoms with van der Waals surface area (Å²) in [5.74, 6) is 0.762. The van der Waals surface area contributed by atoms with Crippen LogP contribution in [0.25, 0.3) is 11.1 Å². The molecule has 0 saturated carbocycles. The zero-order valence-electron chi connectivity index (χ0n) is 10.9. The van der Waals surface area contributed by atoms with Gasteiger partial charge in [-0.2, -0.15) is 0 Å². The molecule has 0 atom stereocenters. The molecule has 2 nitrogen and oxygen atoms in total. The monoisotopic (exact) mass is 274 g/mol. The molecule has 0 spiro atoms. The number of carbonyl (C=O) groups excluding carboxylic acids is 1. The van der Waals surface area contributed by atoms with Gasteiger partial charge in [-0.1, -0.05) is 17.7 Å². The van der Waals surface area contributed by atoms with E-state index in [1.807, 2.05) is 44.2 Å². The maximum atomic E-state index is 11.2. The van der Waals surface area contributed by atoms with E-state index in [1.54, 1.807) is 6.07 Å². The molecule has 3 heteroatoms. The third-order valence-electron chi connectivity index (χ3n) is 2.94. The number of carbonyl (C=O) groups is 1. The van der Waals surface area contributed by atoms with Crippen molar-refractivity contribution < 1.29 is 9.53 Å². The summed E-state index contributed by atoms with van der Waals surface area (Å²) in [6.07, 6.45) is 0.860. The number of hydrogen-bond acceptors (Lipinski definition) is 2. The molecule has 0 saturated heterocycles. The minimum Gasteiger partial charge on any atom is -0.494 e. The van der Waals surface area contributed by atoms with E-state index in [2.05, 4.69) is 0 Å². The third-order valence-corrected chi connectivity index (χ3v) is 3.18. The first-order valence-corrected chi connectivity index (χ1v) is 6.52. The van der Waals surface area contributed by atoms with Crippen LogP contribution in [0.15, 0.2) is 36.4 Å². The van der Waals surface area contributed by atoms with Crippen LogP contribution in [0.2, 0.25) is 5.02 Å². The van der Waals surface area contributed by atoms with Crippen molar-refractivity contribution in [3.63, 3.8) is 0 Å². The highest BCUT2D eigenvalue weighted by molar-refractivity contribution is 6.30. The van der Waals surface area contributed by atoms with Crippen molar-refractivity contribution >= 4 is 17.9 Å². The van der Waals surface area contributed by atoms with Crippen LogP contribution in [-0.2, 0) is 0 Å². The van der Waals surface area contributed by atoms with Crippen LogP contribution in [0.5, 0.6) is 5.75 Å². The van der Waals surface area contributed by atoms with E-state index >= 15 is 0 Å². The van der Waals surface area contributed by atoms with Crippen LogP contribution < -0.4 is 4.74 Å². The standard InChI is InChI=1S/C16H15ClO2/c1-3-19-14-6-4-12(10-18)16(9-14)15-7-5-13(17)8-11(15)2/h4-10H,3H2,1-2H3. The van der Waals surface area contributed by atoms with E-state index < -0.39 is 0 Å². The highest BCUT2D eigenvalue weighted by atomic mass is 35.5. The number of aldehydes is 1. The lowest BCUT2D eigenvalue weighted by atomic mass is 9.96. The van der Waals surface area contributed by atoms with Crippen molar-refractivity contribution in [3.8, 4) is 16.9 Å². The van der Waals surface area contributed by atoms with Crippen LogP contribution in [-0.4, -0.2) is 12.9 Å². The fraction of sp³-hybridized carbons (Fsp3) is 0.188. The Hall–Kier alpha value is -1.80. The molecule has 2 aromatic carbocycles. The Morgan fingerprint density at radius 1 is 1.16 bits per heavy atom. The zero-order chi connectivity index (χ0) is 13.8. The second kappa shape index (κ2) is 5.89. The lowest BCUT2D eigenvalue weighted by Crippen LogP contribution is -1.95. The molecule has 0 fully saturated rings. The average molecular weight is 275 g/mol. The minimum atomic E-state index is 0.597. The predicted octanol–water partition coefficient (Wildman–Crippen LogP) is 4.53. The van der Waals surface area contributed by atoms with Gasteiger partial charge in [-0.25, -0.2) is 0 Å². The van der Waals surface area contributed by atoms with Gasteiger partial charge in [-0.3, -0.25) is 4.79 Å². The van der Waals surface area contributed by atoms with E-state index in [9.17, 15) is 4.79 Å². The SMILES string of the molecule is CCOc1ccc(C=O)c(-c2ccc(Cl)cc2C)c1. The Kier molecular flexibility index (Phi) is 4.23. The van der Waals surface area contributed by atoms with Gasteiger partial charge in [0.15, 0.2) is 6.29 Å². The fourth-order valence-electron chi connectivity index (χ4n) is 2.06. The maximum Gasteiger partial charge on any atom is 0.150 e. The van der Waals surface area contributed by atoms with E-state index in [0.717, 1.165) is 28.7 Å². The molecule has 0 aliphatic heterocycles. The van der Waals surface area contributed by atoms with Crippen LogP contribution in [0.3, 0.4) is 0 Å². The Morgan fingerprint density at radius 3 is 2.58 bits per heavy atom. The number of hydrogen-bond donors (Lipinski definition) is 0. The second-order valence-electron chi connectivity index (χ2n) is 4.26. The summed E-state index contributed by atoms with van der Waals surface area (Å²) in [6, 6.07) is 11.1. The van der Waals surface area contributed by atoms with Gasteiger partial charge in [-0.15, -0.1) is 0 Å². The summed E-state index contributed by atoms with van der Waals surface area (Å²) in [4.78, 5) is 11.2. The van der Waals surface area contributed by atoms with Crippen LogP contribution in [0.1, 0.15) is 22.8 Å². The van der Waals surface area contributed by atoms with Crippen molar-refractivity contribution in [1.29, 1.82) is 0 Å². The van der Waals surface area contributed by atoms with E-state index in [1.165, 1.54) is 0 Å². The lowest BCUT2D eigenvalue weighted by molar-refractivity contribution is 0.112. The zero-order valence-corrected chi connectivity index (χ0v) is 11.7. The van der Waals surface area contributed by atoms with Gasteiger partial charge in [0.25, 0.3) is 0 Å². The molecule has 0 aliphatic rings. The number of halogens is 1. The Labute approximate surface area is 118 Å². The molecule has 0 radical (unpaired) electrons. The number of aryl methyl sites for hydroxylation is 1. The second-order valence-corrected chi connectivity index (χ2v) is 4.70. The van der Waals surface area contributed by atoms with Crippen molar-refractivity contribution in [1.82, 2.24) is 0 Å². The molecule has 0 aromatic heterocycles. The van der Waals surface area contributed by atoms with Crippen LogP contribution in [0.4, 0.5) is 0 Å². The summed E-state index contributed by atoms with van der Waals surface area (Å²) in [5, 5.41) is 0.690. The molecule has 0 heterocycles. The number of benzene rings is 2. The van der Waals surface area contributed by atoms with E-state index in [-0.39, 0.29) is 0 Å². The summed E-state index contributed by atoms with van der Waals surface area (Å²) < 4.78 is 5.49. The molecular weight excluding hydrogens is 260 g/mol.